The minimum atomic E-state index is -0.837. The lowest BCUT2D eigenvalue weighted by Gasteiger charge is -2.22. The van der Waals surface area contributed by atoms with Gasteiger partial charge < -0.3 is 5.11 Å². The molecule has 1 heterocycles. The lowest BCUT2D eigenvalue weighted by molar-refractivity contribution is -0.143. The fourth-order valence-corrected chi connectivity index (χ4v) is 1.57. The minimum Gasteiger partial charge on any atom is -0.481 e. The summed E-state index contributed by atoms with van der Waals surface area (Å²) in [4.78, 5) is 11.2. The van der Waals surface area contributed by atoms with E-state index in [1.165, 1.54) is 0 Å². The molecule has 0 spiro atoms. The number of aryl methyl sites for hydroxylation is 2. The van der Waals surface area contributed by atoms with Crippen LogP contribution in [0.15, 0.2) is 6.07 Å². The summed E-state index contributed by atoms with van der Waals surface area (Å²) in [5, 5.41) is 13.3. The van der Waals surface area contributed by atoms with E-state index in [0.717, 1.165) is 11.4 Å². The van der Waals surface area contributed by atoms with E-state index >= 15 is 0 Å². The maximum Gasteiger partial charge on any atom is 0.315 e. The zero-order valence-corrected chi connectivity index (χ0v) is 9.03. The molecule has 0 aromatic carbocycles. The Kier molecular flexibility index (Phi) is 2.64. The molecule has 0 amide bonds. The molecule has 0 saturated carbocycles. The fourth-order valence-electron chi connectivity index (χ4n) is 1.57. The van der Waals surface area contributed by atoms with Crippen molar-refractivity contribution in [3.8, 4) is 0 Å². The van der Waals surface area contributed by atoms with Crippen LogP contribution in [0.4, 0.5) is 0 Å². The number of carbonyl (C=O) groups is 1. The van der Waals surface area contributed by atoms with Crippen LogP contribution in [0.2, 0.25) is 0 Å². The van der Waals surface area contributed by atoms with Crippen LogP contribution in [0.5, 0.6) is 0 Å². The zero-order valence-electron chi connectivity index (χ0n) is 9.03. The van der Waals surface area contributed by atoms with Crippen LogP contribution in [0, 0.1) is 6.92 Å². The Balaban J connectivity index is 3.25. The van der Waals surface area contributed by atoms with Crippen molar-refractivity contribution in [3.63, 3.8) is 0 Å². The number of hydrogen-bond acceptors (Lipinski definition) is 2. The van der Waals surface area contributed by atoms with Gasteiger partial charge in [-0.25, -0.2) is 0 Å². The highest BCUT2D eigenvalue weighted by Gasteiger charge is 2.36. The summed E-state index contributed by atoms with van der Waals surface area (Å²) < 4.78 is 1.65. The monoisotopic (exact) mass is 196 g/mol. The van der Waals surface area contributed by atoms with Gasteiger partial charge in [0.1, 0.15) is 5.41 Å². The van der Waals surface area contributed by atoms with Crippen molar-refractivity contribution in [2.45, 2.75) is 32.6 Å². The first-order chi connectivity index (χ1) is 6.41. The van der Waals surface area contributed by atoms with Gasteiger partial charge >= 0.3 is 5.97 Å². The first-order valence-corrected chi connectivity index (χ1v) is 4.66. The van der Waals surface area contributed by atoms with Gasteiger partial charge in [0.05, 0.1) is 11.4 Å². The molecule has 4 nitrogen and oxygen atoms in total. The van der Waals surface area contributed by atoms with Crippen molar-refractivity contribution >= 4 is 5.97 Å². The van der Waals surface area contributed by atoms with Crippen LogP contribution >= 0.6 is 0 Å². The summed E-state index contributed by atoms with van der Waals surface area (Å²) in [6.07, 6.45) is 0.557. The number of nitrogens with zero attached hydrogens (tertiary/aromatic N) is 2. The topological polar surface area (TPSA) is 55.1 Å². The van der Waals surface area contributed by atoms with Crippen molar-refractivity contribution in [2.24, 2.45) is 7.05 Å². The number of carboxylic acids is 1. The molecule has 78 valence electrons. The van der Waals surface area contributed by atoms with Crippen molar-refractivity contribution in [1.82, 2.24) is 9.78 Å². The van der Waals surface area contributed by atoms with Gasteiger partial charge in [-0.2, -0.15) is 5.10 Å². The molecule has 0 saturated heterocycles. The number of aromatic nitrogens is 2. The molecule has 0 aliphatic heterocycles. The normalized spacial score (nSPS) is 15.1. The quantitative estimate of drug-likeness (QED) is 0.796. The summed E-state index contributed by atoms with van der Waals surface area (Å²) in [7, 11) is 1.78. The molecule has 1 N–H and O–H groups in total. The third-order valence-electron chi connectivity index (χ3n) is 2.75. The predicted molar refractivity (Wildman–Crippen MR) is 53.2 cm³/mol. The Morgan fingerprint density at radius 1 is 1.71 bits per heavy atom. The van der Waals surface area contributed by atoms with Gasteiger partial charge in [0.25, 0.3) is 0 Å². The maximum absolute atomic E-state index is 11.2. The second-order valence-corrected chi connectivity index (χ2v) is 3.79. The van der Waals surface area contributed by atoms with Crippen molar-refractivity contribution in [3.05, 3.63) is 17.5 Å². The van der Waals surface area contributed by atoms with Gasteiger partial charge in [0.15, 0.2) is 0 Å². The SMILES string of the molecule is CCC(C)(C(=O)O)c1cc(C)nn1C. The zero-order chi connectivity index (χ0) is 10.9. The number of carboxylic acid groups (broad SMARTS) is 1. The van der Waals surface area contributed by atoms with E-state index in [1.807, 2.05) is 19.9 Å². The van der Waals surface area contributed by atoms with Gasteiger partial charge in [0, 0.05) is 7.05 Å². The maximum atomic E-state index is 11.2. The molecular weight excluding hydrogens is 180 g/mol. The lowest BCUT2D eigenvalue weighted by atomic mass is 9.84. The molecule has 0 radical (unpaired) electrons. The first-order valence-electron chi connectivity index (χ1n) is 4.66. The van der Waals surface area contributed by atoms with Gasteiger partial charge in [-0.05, 0) is 26.3 Å². The first kappa shape index (κ1) is 10.8. The summed E-state index contributed by atoms with van der Waals surface area (Å²) in [6, 6.07) is 1.83. The highest BCUT2D eigenvalue weighted by atomic mass is 16.4. The van der Waals surface area contributed by atoms with Gasteiger partial charge in [0.2, 0.25) is 0 Å². The van der Waals surface area contributed by atoms with E-state index in [0.29, 0.717) is 6.42 Å². The van der Waals surface area contributed by atoms with Crippen LogP contribution in [-0.4, -0.2) is 20.9 Å². The van der Waals surface area contributed by atoms with Crippen molar-refractivity contribution in [1.29, 1.82) is 0 Å². The fraction of sp³-hybridized carbons (Fsp3) is 0.600. The summed E-state index contributed by atoms with van der Waals surface area (Å²) >= 11 is 0. The van der Waals surface area contributed by atoms with E-state index < -0.39 is 11.4 Å². The molecular formula is C10H16N2O2. The van der Waals surface area contributed by atoms with Gasteiger partial charge in [-0.1, -0.05) is 6.92 Å². The molecule has 0 aliphatic carbocycles. The molecule has 1 aromatic heterocycles. The Morgan fingerprint density at radius 2 is 2.29 bits per heavy atom. The molecule has 4 heteroatoms. The third-order valence-corrected chi connectivity index (χ3v) is 2.75. The second-order valence-electron chi connectivity index (χ2n) is 3.79. The molecule has 1 aromatic rings. The van der Waals surface area contributed by atoms with E-state index in [4.69, 9.17) is 0 Å². The summed E-state index contributed by atoms with van der Waals surface area (Å²) in [6.45, 7) is 5.46. The Bertz CT molecular complexity index is 357. The standard InChI is InChI=1S/C10H16N2O2/c1-5-10(3,9(13)14)8-6-7(2)11-12(8)4/h6H,5H2,1-4H3,(H,13,14). The molecule has 0 fully saturated rings. The minimum absolute atomic E-state index is 0.557. The second kappa shape index (κ2) is 3.44. The Hall–Kier alpha value is -1.32. The summed E-state index contributed by atoms with van der Waals surface area (Å²) in [5.41, 5.74) is 0.768. The highest BCUT2D eigenvalue weighted by Crippen LogP contribution is 2.27. The van der Waals surface area contributed by atoms with Gasteiger partial charge in [-0.3, -0.25) is 9.48 Å². The van der Waals surface area contributed by atoms with E-state index in [9.17, 15) is 9.90 Å². The lowest BCUT2D eigenvalue weighted by Crippen LogP contribution is -2.33. The third kappa shape index (κ3) is 1.52. The van der Waals surface area contributed by atoms with Gasteiger partial charge in [-0.15, -0.1) is 0 Å². The number of rotatable bonds is 3. The van der Waals surface area contributed by atoms with Crippen molar-refractivity contribution < 1.29 is 9.90 Å². The smallest absolute Gasteiger partial charge is 0.315 e. The average molecular weight is 196 g/mol. The molecule has 1 rings (SSSR count). The Morgan fingerprint density at radius 3 is 2.57 bits per heavy atom. The molecule has 0 aliphatic rings. The number of aliphatic carboxylic acids is 1. The van der Waals surface area contributed by atoms with Crippen LogP contribution in [0.1, 0.15) is 31.7 Å². The molecule has 1 unspecified atom stereocenters. The van der Waals surface area contributed by atoms with Crippen LogP contribution < -0.4 is 0 Å². The predicted octanol–water partition coefficient (Wildman–Crippen LogP) is 1.48. The van der Waals surface area contributed by atoms with Crippen LogP contribution in [0.3, 0.4) is 0 Å². The average Bonchev–Trinajstić information content (AvgIpc) is 2.44. The largest absolute Gasteiger partial charge is 0.481 e. The van der Waals surface area contributed by atoms with E-state index in [2.05, 4.69) is 5.10 Å². The molecule has 14 heavy (non-hydrogen) atoms. The molecule has 1 atom stereocenters. The van der Waals surface area contributed by atoms with Crippen molar-refractivity contribution in [2.75, 3.05) is 0 Å². The highest BCUT2D eigenvalue weighted by molar-refractivity contribution is 5.80. The molecule has 0 bridgehead atoms. The Labute approximate surface area is 83.5 Å². The van der Waals surface area contributed by atoms with Crippen LogP contribution in [-0.2, 0) is 17.3 Å². The summed E-state index contributed by atoms with van der Waals surface area (Å²) in [5.74, 6) is -0.803. The van der Waals surface area contributed by atoms with Crippen LogP contribution in [0.25, 0.3) is 0 Å². The number of hydrogen-bond donors (Lipinski definition) is 1. The van der Waals surface area contributed by atoms with E-state index in [-0.39, 0.29) is 0 Å². The van der Waals surface area contributed by atoms with E-state index in [1.54, 1.807) is 18.7 Å².